The minimum atomic E-state index is -0.401. The second kappa shape index (κ2) is 5.34. The molecule has 5 rings (SSSR count). The number of likely N-dealkylation sites (tertiary alicyclic amines) is 1. The number of hydrogen-bond donors (Lipinski definition) is 1. The number of phenolic OH excluding ortho intramolecular Hbond substituents is 1. The van der Waals surface area contributed by atoms with Crippen LogP contribution in [0.15, 0.2) is 42.5 Å². The molecule has 1 amide bonds. The number of carbonyl (C=O) groups excluding carboxylic acids is 1. The number of carbonyl (C=O) groups is 1. The first kappa shape index (κ1) is 15.9. The van der Waals surface area contributed by atoms with E-state index in [1.807, 2.05) is 11.0 Å². The highest BCUT2D eigenvalue weighted by atomic mass is 16.5. The summed E-state index contributed by atoms with van der Waals surface area (Å²) in [5, 5.41) is 9.71. The zero-order valence-electron chi connectivity index (χ0n) is 15.0. The van der Waals surface area contributed by atoms with Gasteiger partial charge in [-0.1, -0.05) is 35.9 Å². The van der Waals surface area contributed by atoms with E-state index in [4.69, 9.17) is 4.74 Å². The van der Waals surface area contributed by atoms with Crippen molar-refractivity contribution in [3.05, 3.63) is 64.7 Å². The van der Waals surface area contributed by atoms with Crippen LogP contribution in [0.4, 0.5) is 0 Å². The summed E-state index contributed by atoms with van der Waals surface area (Å²) < 4.78 is 6.16. The molecule has 2 aromatic rings. The van der Waals surface area contributed by atoms with Crippen LogP contribution in [0.2, 0.25) is 0 Å². The van der Waals surface area contributed by atoms with Crippen LogP contribution >= 0.6 is 0 Å². The van der Waals surface area contributed by atoms with Gasteiger partial charge in [0.15, 0.2) is 0 Å². The molecule has 1 atom stereocenters. The molecule has 3 aliphatic rings. The summed E-state index contributed by atoms with van der Waals surface area (Å²) in [6.45, 7) is 3.92. The molecule has 0 radical (unpaired) electrons. The molecule has 1 unspecified atom stereocenters. The van der Waals surface area contributed by atoms with E-state index in [0.29, 0.717) is 13.2 Å². The first-order chi connectivity index (χ1) is 12.5. The van der Waals surface area contributed by atoms with Crippen molar-refractivity contribution in [3.8, 4) is 5.75 Å². The summed E-state index contributed by atoms with van der Waals surface area (Å²) in [7, 11) is 0. The standard InChI is InChI=1S/C22H23NO3/c1-15-2-4-17(5-3-15)21(8-9-21)20(25)23-11-10-22(14-23)19-7-6-18(24)12-16(19)13-26-22/h2-7,12,24H,8-11,13-14H2,1H3. The van der Waals surface area contributed by atoms with Crippen LogP contribution in [0.5, 0.6) is 5.75 Å². The molecule has 4 nitrogen and oxygen atoms in total. The van der Waals surface area contributed by atoms with Gasteiger partial charge in [-0.2, -0.15) is 0 Å². The zero-order valence-corrected chi connectivity index (χ0v) is 15.0. The molecule has 0 aromatic heterocycles. The third kappa shape index (κ3) is 2.21. The summed E-state index contributed by atoms with van der Waals surface area (Å²) in [6, 6.07) is 13.9. The van der Waals surface area contributed by atoms with Gasteiger partial charge in [-0.25, -0.2) is 0 Å². The van der Waals surface area contributed by atoms with E-state index < -0.39 is 5.60 Å². The molecule has 2 aromatic carbocycles. The quantitative estimate of drug-likeness (QED) is 0.904. The number of hydrogen-bond acceptors (Lipinski definition) is 3. The summed E-state index contributed by atoms with van der Waals surface area (Å²) in [5.74, 6) is 0.515. The molecule has 1 saturated carbocycles. The first-order valence-corrected chi connectivity index (χ1v) is 9.35. The maximum absolute atomic E-state index is 13.4. The first-order valence-electron chi connectivity index (χ1n) is 9.35. The van der Waals surface area contributed by atoms with Crippen LogP contribution in [0.25, 0.3) is 0 Å². The average molecular weight is 349 g/mol. The van der Waals surface area contributed by atoms with Crippen molar-refractivity contribution >= 4 is 5.91 Å². The lowest BCUT2D eigenvalue weighted by molar-refractivity contribution is -0.134. The second-order valence-corrected chi connectivity index (χ2v) is 8.05. The molecule has 1 N–H and O–H groups in total. The number of fused-ring (bicyclic) bond motifs is 2. The molecular weight excluding hydrogens is 326 g/mol. The predicted octanol–water partition coefficient (Wildman–Crippen LogP) is 3.39. The maximum atomic E-state index is 13.4. The monoisotopic (exact) mass is 349 g/mol. The third-order valence-electron chi connectivity index (χ3n) is 6.37. The minimum absolute atomic E-state index is 0.244. The Hall–Kier alpha value is -2.33. The number of aryl methyl sites for hydroxylation is 1. The van der Waals surface area contributed by atoms with Gasteiger partial charge in [0.1, 0.15) is 11.4 Å². The van der Waals surface area contributed by atoms with Crippen molar-refractivity contribution < 1.29 is 14.6 Å². The molecule has 2 fully saturated rings. The molecule has 1 spiro atoms. The molecule has 1 saturated heterocycles. The molecule has 26 heavy (non-hydrogen) atoms. The molecule has 134 valence electrons. The van der Waals surface area contributed by atoms with Crippen LogP contribution in [0.1, 0.15) is 41.5 Å². The van der Waals surface area contributed by atoms with Crippen molar-refractivity contribution in [1.82, 2.24) is 4.90 Å². The van der Waals surface area contributed by atoms with Crippen LogP contribution in [0, 0.1) is 6.92 Å². The van der Waals surface area contributed by atoms with Gasteiger partial charge in [-0.15, -0.1) is 0 Å². The highest BCUT2D eigenvalue weighted by molar-refractivity contribution is 5.91. The number of phenols is 1. The lowest BCUT2D eigenvalue weighted by Gasteiger charge is -2.27. The fourth-order valence-corrected chi connectivity index (χ4v) is 4.66. The van der Waals surface area contributed by atoms with E-state index >= 15 is 0 Å². The van der Waals surface area contributed by atoms with Gasteiger partial charge < -0.3 is 14.7 Å². The molecule has 0 bridgehead atoms. The maximum Gasteiger partial charge on any atom is 0.233 e. The summed E-state index contributed by atoms with van der Waals surface area (Å²) in [4.78, 5) is 15.3. The SMILES string of the molecule is Cc1ccc(C2(C(=O)N3CCC4(C3)OCc3cc(O)ccc34)CC2)cc1. The average Bonchev–Trinajstić information content (AvgIpc) is 3.23. The summed E-state index contributed by atoms with van der Waals surface area (Å²) >= 11 is 0. The third-order valence-corrected chi connectivity index (χ3v) is 6.37. The normalized spacial score (nSPS) is 25.5. The van der Waals surface area contributed by atoms with Gasteiger partial charge in [0.05, 0.1) is 18.6 Å². The molecular formula is C22H23NO3. The molecule has 1 aliphatic carbocycles. The zero-order chi connectivity index (χ0) is 17.9. The van der Waals surface area contributed by atoms with Gasteiger partial charge in [0.2, 0.25) is 5.91 Å². The van der Waals surface area contributed by atoms with Gasteiger partial charge in [-0.3, -0.25) is 4.79 Å². The highest BCUT2D eigenvalue weighted by Crippen LogP contribution is 2.52. The van der Waals surface area contributed by atoms with E-state index in [9.17, 15) is 9.90 Å². The molecule has 4 heteroatoms. The lowest BCUT2D eigenvalue weighted by Crippen LogP contribution is -2.40. The van der Waals surface area contributed by atoms with E-state index in [-0.39, 0.29) is 17.1 Å². The Morgan fingerprint density at radius 2 is 1.88 bits per heavy atom. The van der Waals surface area contributed by atoms with Crippen LogP contribution in [-0.4, -0.2) is 29.0 Å². The topological polar surface area (TPSA) is 49.8 Å². The van der Waals surface area contributed by atoms with E-state index in [1.165, 1.54) is 5.56 Å². The highest BCUT2D eigenvalue weighted by Gasteiger charge is 2.56. The van der Waals surface area contributed by atoms with E-state index in [0.717, 1.165) is 42.5 Å². The van der Waals surface area contributed by atoms with Gasteiger partial charge in [0, 0.05) is 6.54 Å². The number of aromatic hydroxyl groups is 1. The van der Waals surface area contributed by atoms with Crippen LogP contribution < -0.4 is 0 Å². The van der Waals surface area contributed by atoms with Crippen molar-refractivity contribution in [3.63, 3.8) is 0 Å². The van der Waals surface area contributed by atoms with Crippen molar-refractivity contribution in [2.75, 3.05) is 13.1 Å². The van der Waals surface area contributed by atoms with E-state index in [1.54, 1.807) is 12.1 Å². The van der Waals surface area contributed by atoms with Crippen LogP contribution in [0.3, 0.4) is 0 Å². The Balaban J connectivity index is 1.40. The van der Waals surface area contributed by atoms with Crippen molar-refractivity contribution in [1.29, 1.82) is 0 Å². The van der Waals surface area contributed by atoms with Crippen molar-refractivity contribution in [2.45, 2.75) is 43.8 Å². The van der Waals surface area contributed by atoms with E-state index in [2.05, 4.69) is 31.2 Å². The number of rotatable bonds is 2. The second-order valence-electron chi connectivity index (χ2n) is 8.05. The fourth-order valence-electron chi connectivity index (χ4n) is 4.66. The minimum Gasteiger partial charge on any atom is -0.508 e. The summed E-state index contributed by atoms with van der Waals surface area (Å²) in [5.41, 5.74) is 3.81. The van der Waals surface area contributed by atoms with Gasteiger partial charge in [0.25, 0.3) is 0 Å². The molecule has 2 aliphatic heterocycles. The predicted molar refractivity (Wildman–Crippen MR) is 97.9 cm³/mol. The van der Waals surface area contributed by atoms with Gasteiger partial charge in [-0.05, 0) is 55.0 Å². The number of ether oxygens (including phenoxy) is 1. The Bertz CT molecular complexity index is 885. The largest absolute Gasteiger partial charge is 0.508 e. The smallest absolute Gasteiger partial charge is 0.233 e. The summed E-state index contributed by atoms with van der Waals surface area (Å²) in [6.07, 6.45) is 2.69. The Morgan fingerprint density at radius 1 is 1.12 bits per heavy atom. The Morgan fingerprint density at radius 3 is 2.62 bits per heavy atom. The molecule has 2 heterocycles. The Kier molecular flexibility index (Phi) is 3.26. The number of amides is 1. The van der Waals surface area contributed by atoms with Crippen LogP contribution in [-0.2, 0) is 27.2 Å². The van der Waals surface area contributed by atoms with Crippen molar-refractivity contribution in [2.24, 2.45) is 0 Å². The number of nitrogens with zero attached hydrogens (tertiary/aromatic N) is 1. The lowest BCUT2D eigenvalue weighted by atomic mass is 9.91. The Labute approximate surface area is 153 Å². The number of benzene rings is 2. The van der Waals surface area contributed by atoms with Gasteiger partial charge >= 0.3 is 0 Å². The fraction of sp³-hybridized carbons (Fsp3) is 0.409.